The SMILES string of the molecule is CN1CCC(CCNCc2ccccc2/C(N)=N/O)CC1. The number of nitrogens with two attached hydrogens (primary N) is 1. The molecule has 0 atom stereocenters. The molecule has 1 aromatic carbocycles. The van der Waals surface area contributed by atoms with E-state index in [1.54, 1.807) is 0 Å². The van der Waals surface area contributed by atoms with Crippen LogP contribution < -0.4 is 11.1 Å². The van der Waals surface area contributed by atoms with Gasteiger partial charge < -0.3 is 21.2 Å². The van der Waals surface area contributed by atoms with Gasteiger partial charge in [-0.3, -0.25) is 0 Å². The third-order valence-electron chi connectivity index (χ3n) is 4.28. The van der Waals surface area contributed by atoms with Crippen molar-refractivity contribution in [2.45, 2.75) is 25.8 Å². The van der Waals surface area contributed by atoms with Gasteiger partial charge in [-0.1, -0.05) is 29.4 Å². The summed E-state index contributed by atoms with van der Waals surface area (Å²) >= 11 is 0. The number of piperidine rings is 1. The van der Waals surface area contributed by atoms with Crippen molar-refractivity contribution in [1.29, 1.82) is 0 Å². The van der Waals surface area contributed by atoms with Crippen LogP contribution in [0, 0.1) is 5.92 Å². The number of benzene rings is 1. The van der Waals surface area contributed by atoms with Crippen LogP contribution in [0.25, 0.3) is 0 Å². The highest BCUT2D eigenvalue weighted by molar-refractivity contribution is 5.98. The molecular weight excluding hydrogens is 264 g/mol. The van der Waals surface area contributed by atoms with Gasteiger partial charge in [0.1, 0.15) is 0 Å². The molecule has 0 bridgehead atoms. The fraction of sp³-hybridized carbons (Fsp3) is 0.562. The van der Waals surface area contributed by atoms with Gasteiger partial charge in [0.05, 0.1) is 0 Å². The normalized spacial score (nSPS) is 18.0. The smallest absolute Gasteiger partial charge is 0.170 e. The summed E-state index contributed by atoms with van der Waals surface area (Å²) in [7, 11) is 2.19. The van der Waals surface area contributed by atoms with E-state index in [9.17, 15) is 0 Å². The van der Waals surface area contributed by atoms with E-state index >= 15 is 0 Å². The van der Waals surface area contributed by atoms with Crippen LogP contribution in [0.3, 0.4) is 0 Å². The quantitative estimate of drug-likeness (QED) is 0.245. The maximum atomic E-state index is 8.81. The molecule has 5 heteroatoms. The van der Waals surface area contributed by atoms with Crippen molar-refractivity contribution in [3.8, 4) is 0 Å². The second kappa shape index (κ2) is 8.00. The van der Waals surface area contributed by atoms with Crippen molar-refractivity contribution in [3.05, 3.63) is 35.4 Å². The van der Waals surface area contributed by atoms with Crippen LogP contribution in [0.15, 0.2) is 29.4 Å². The van der Waals surface area contributed by atoms with Crippen molar-refractivity contribution in [1.82, 2.24) is 10.2 Å². The molecule has 0 unspecified atom stereocenters. The van der Waals surface area contributed by atoms with Gasteiger partial charge in [-0.25, -0.2) is 0 Å². The van der Waals surface area contributed by atoms with Crippen LogP contribution >= 0.6 is 0 Å². The van der Waals surface area contributed by atoms with Crippen molar-refractivity contribution in [2.75, 3.05) is 26.7 Å². The molecule has 0 aliphatic carbocycles. The van der Waals surface area contributed by atoms with E-state index in [0.29, 0.717) is 0 Å². The highest BCUT2D eigenvalue weighted by Gasteiger charge is 2.15. The van der Waals surface area contributed by atoms with E-state index < -0.39 is 0 Å². The van der Waals surface area contributed by atoms with Gasteiger partial charge in [-0.15, -0.1) is 0 Å². The zero-order valence-corrected chi connectivity index (χ0v) is 12.8. The number of nitrogens with one attached hydrogen (secondary N) is 1. The minimum atomic E-state index is 0.169. The molecule has 21 heavy (non-hydrogen) atoms. The lowest BCUT2D eigenvalue weighted by Gasteiger charge is -2.28. The number of oxime groups is 1. The van der Waals surface area contributed by atoms with Gasteiger partial charge in [0.25, 0.3) is 0 Å². The molecule has 1 fully saturated rings. The number of likely N-dealkylation sites (tertiary alicyclic amines) is 1. The first kappa shape index (κ1) is 15.8. The monoisotopic (exact) mass is 290 g/mol. The Hall–Kier alpha value is -1.59. The Labute approximate surface area is 126 Å². The van der Waals surface area contributed by atoms with Gasteiger partial charge in [-0.2, -0.15) is 0 Å². The van der Waals surface area contributed by atoms with Crippen molar-refractivity contribution in [3.63, 3.8) is 0 Å². The standard InChI is InChI=1S/C16H26N4O/c1-20-10-7-13(8-11-20)6-9-18-12-14-4-2-3-5-15(14)16(17)19-21/h2-5,13,18,21H,6-12H2,1H3,(H2,17,19). The molecule has 1 heterocycles. The molecule has 0 saturated carbocycles. The predicted molar refractivity (Wildman–Crippen MR) is 85.5 cm³/mol. The fourth-order valence-corrected chi connectivity index (χ4v) is 2.86. The maximum Gasteiger partial charge on any atom is 0.170 e. The second-order valence-corrected chi connectivity index (χ2v) is 5.85. The zero-order chi connectivity index (χ0) is 15.1. The molecule has 116 valence electrons. The van der Waals surface area contributed by atoms with Crippen LogP contribution in [-0.2, 0) is 6.54 Å². The van der Waals surface area contributed by atoms with Crippen LogP contribution in [0.2, 0.25) is 0 Å². The number of hydrogen-bond donors (Lipinski definition) is 3. The minimum absolute atomic E-state index is 0.169. The van der Waals surface area contributed by atoms with Crippen LogP contribution in [0.4, 0.5) is 0 Å². The Morgan fingerprint density at radius 2 is 2.10 bits per heavy atom. The van der Waals surface area contributed by atoms with Gasteiger partial charge in [0.2, 0.25) is 0 Å². The van der Waals surface area contributed by atoms with E-state index in [1.807, 2.05) is 24.3 Å². The summed E-state index contributed by atoms with van der Waals surface area (Å²) in [6.07, 6.45) is 3.83. The average Bonchev–Trinajstić information content (AvgIpc) is 2.53. The molecule has 1 aliphatic rings. The molecule has 1 aliphatic heterocycles. The average molecular weight is 290 g/mol. The van der Waals surface area contributed by atoms with Gasteiger partial charge >= 0.3 is 0 Å². The Kier molecular flexibility index (Phi) is 6.02. The number of amidine groups is 1. The lowest BCUT2D eigenvalue weighted by atomic mass is 9.94. The van der Waals surface area contributed by atoms with E-state index in [0.717, 1.165) is 30.1 Å². The molecule has 1 aromatic rings. The molecule has 0 spiro atoms. The Bertz CT molecular complexity index is 467. The van der Waals surface area contributed by atoms with Gasteiger partial charge in [-0.05, 0) is 57.4 Å². The molecule has 5 nitrogen and oxygen atoms in total. The fourth-order valence-electron chi connectivity index (χ4n) is 2.86. The highest BCUT2D eigenvalue weighted by Crippen LogP contribution is 2.18. The summed E-state index contributed by atoms with van der Waals surface area (Å²) in [6, 6.07) is 7.76. The van der Waals surface area contributed by atoms with Crippen molar-refractivity contribution >= 4 is 5.84 Å². The number of nitrogens with zero attached hydrogens (tertiary/aromatic N) is 2. The Morgan fingerprint density at radius 3 is 2.81 bits per heavy atom. The summed E-state index contributed by atoms with van der Waals surface area (Å²) in [5, 5.41) is 15.4. The van der Waals surface area contributed by atoms with Gasteiger partial charge in [0, 0.05) is 12.1 Å². The van der Waals surface area contributed by atoms with Crippen LogP contribution in [-0.4, -0.2) is 42.6 Å². The number of rotatable bonds is 6. The van der Waals surface area contributed by atoms with Crippen molar-refractivity contribution < 1.29 is 5.21 Å². The van der Waals surface area contributed by atoms with Crippen LogP contribution in [0.5, 0.6) is 0 Å². The summed E-state index contributed by atoms with van der Waals surface area (Å²) < 4.78 is 0. The molecule has 0 radical (unpaired) electrons. The molecule has 0 aromatic heterocycles. The Morgan fingerprint density at radius 1 is 1.38 bits per heavy atom. The van der Waals surface area contributed by atoms with E-state index in [4.69, 9.17) is 10.9 Å². The maximum absolute atomic E-state index is 8.81. The number of hydrogen-bond acceptors (Lipinski definition) is 4. The Balaban J connectivity index is 1.76. The van der Waals surface area contributed by atoms with Gasteiger partial charge in [0.15, 0.2) is 5.84 Å². The lowest BCUT2D eigenvalue weighted by Crippen LogP contribution is -2.31. The lowest BCUT2D eigenvalue weighted by molar-refractivity contribution is 0.211. The van der Waals surface area contributed by atoms with E-state index in [-0.39, 0.29) is 5.84 Å². The zero-order valence-electron chi connectivity index (χ0n) is 12.8. The minimum Gasteiger partial charge on any atom is -0.409 e. The van der Waals surface area contributed by atoms with Crippen LogP contribution in [0.1, 0.15) is 30.4 Å². The first-order valence-corrected chi connectivity index (χ1v) is 7.65. The summed E-state index contributed by atoms with van der Waals surface area (Å²) in [6.45, 7) is 4.20. The molecular formula is C16H26N4O. The first-order valence-electron chi connectivity index (χ1n) is 7.65. The van der Waals surface area contributed by atoms with E-state index in [1.165, 1.54) is 32.4 Å². The first-order chi connectivity index (χ1) is 10.2. The summed E-state index contributed by atoms with van der Waals surface area (Å²) in [4.78, 5) is 2.40. The largest absolute Gasteiger partial charge is 0.409 e. The molecule has 4 N–H and O–H groups in total. The third kappa shape index (κ3) is 4.72. The van der Waals surface area contributed by atoms with Crippen molar-refractivity contribution in [2.24, 2.45) is 16.8 Å². The summed E-state index contributed by atoms with van der Waals surface area (Å²) in [5.41, 5.74) is 7.56. The molecule has 2 rings (SSSR count). The van der Waals surface area contributed by atoms with E-state index in [2.05, 4.69) is 22.4 Å². The highest BCUT2D eigenvalue weighted by atomic mass is 16.4. The summed E-state index contributed by atoms with van der Waals surface area (Å²) in [5.74, 6) is 1.01. The predicted octanol–water partition coefficient (Wildman–Crippen LogP) is 1.60. The topological polar surface area (TPSA) is 73.9 Å². The third-order valence-corrected chi connectivity index (χ3v) is 4.28. The molecule has 1 saturated heterocycles. The molecule has 0 amide bonds. The second-order valence-electron chi connectivity index (χ2n) is 5.85.